The second-order valence-corrected chi connectivity index (χ2v) is 8.06. The van der Waals surface area contributed by atoms with Gasteiger partial charge < -0.3 is 24.8 Å². The molecule has 0 radical (unpaired) electrons. The summed E-state index contributed by atoms with van der Waals surface area (Å²) >= 11 is 0. The average Bonchev–Trinajstić information content (AvgIpc) is 2.85. The van der Waals surface area contributed by atoms with Crippen LogP contribution in [0.3, 0.4) is 0 Å². The standard InChI is InChI=1S/C24H25N7O2/c1-30(2)24-26-14-17(15-27-24)20-13-16-7-8-25-23(32)21(16)22(29-20)28-18-3-5-19(6-4-18)31-9-11-33-12-10-31/h3-8,13-15H,9-12H2,1-2H3,(H,25,32)(H,28,29). The molecule has 1 fully saturated rings. The predicted molar refractivity (Wildman–Crippen MR) is 130 cm³/mol. The van der Waals surface area contributed by atoms with Crippen LogP contribution in [0, 0.1) is 0 Å². The summed E-state index contributed by atoms with van der Waals surface area (Å²) in [4.78, 5) is 33.1. The minimum Gasteiger partial charge on any atom is -0.378 e. The van der Waals surface area contributed by atoms with Crippen LogP contribution < -0.4 is 20.7 Å². The first-order valence-electron chi connectivity index (χ1n) is 10.8. The number of benzene rings is 1. The number of fused-ring (bicyclic) bond motifs is 1. The number of aromatic amines is 1. The van der Waals surface area contributed by atoms with Crippen LogP contribution in [0.2, 0.25) is 0 Å². The van der Waals surface area contributed by atoms with Crippen molar-refractivity contribution in [1.82, 2.24) is 19.9 Å². The van der Waals surface area contributed by atoms with Crippen LogP contribution in [0.1, 0.15) is 0 Å². The highest BCUT2D eigenvalue weighted by atomic mass is 16.5. The fourth-order valence-electron chi connectivity index (χ4n) is 3.85. The van der Waals surface area contributed by atoms with Gasteiger partial charge >= 0.3 is 0 Å². The third-order valence-electron chi connectivity index (χ3n) is 5.59. The fraction of sp³-hybridized carbons (Fsp3) is 0.250. The zero-order chi connectivity index (χ0) is 22.8. The lowest BCUT2D eigenvalue weighted by Gasteiger charge is -2.28. The SMILES string of the molecule is CN(C)c1ncc(-c2cc3cc[nH]c(=O)c3c(Nc3ccc(N4CCOCC4)cc3)n2)cn1. The first-order chi connectivity index (χ1) is 16.1. The van der Waals surface area contributed by atoms with Crippen molar-refractivity contribution in [3.8, 4) is 11.3 Å². The lowest BCUT2D eigenvalue weighted by Crippen LogP contribution is -2.36. The Labute approximate surface area is 191 Å². The molecule has 1 saturated heterocycles. The molecule has 0 aliphatic carbocycles. The number of nitrogens with zero attached hydrogens (tertiary/aromatic N) is 5. The van der Waals surface area contributed by atoms with Gasteiger partial charge in [0, 0.05) is 62.7 Å². The van der Waals surface area contributed by atoms with Crippen molar-refractivity contribution < 1.29 is 4.74 Å². The lowest BCUT2D eigenvalue weighted by atomic mass is 10.1. The maximum atomic E-state index is 12.6. The molecule has 168 valence electrons. The number of morpholine rings is 1. The largest absolute Gasteiger partial charge is 0.378 e. The molecule has 0 atom stereocenters. The second-order valence-electron chi connectivity index (χ2n) is 8.06. The number of hydrogen-bond acceptors (Lipinski definition) is 8. The van der Waals surface area contributed by atoms with E-state index in [1.807, 2.05) is 43.3 Å². The molecule has 1 aliphatic heterocycles. The molecular weight excluding hydrogens is 418 g/mol. The Morgan fingerprint density at radius 3 is 2.48 bits per heavy atom. The number of nitrogens with one attached hydrogen (secondary N) is 2. The summed E-state index contributed by atoms with van der Waals surface area (Å²) in [6.45, 7) is 3.24. The molecule has 4 heterocycles. The van der Waals surface area contributed by atoms with E-state index in [0.717, 1.165) is 48.6 Å². The van der Waals surface area contributed by atoms with Crippen LogP contribution in [0.5, 0.6) is 0 Å². The molecule has 5 rings (SSSR count). The third kappa shape index (κ3) is 4.35. The number of hydrogen-bond donors (Lipinski definition) is 2. The highest BCUT2D eigenvalue weighted by Gasteiger charge is 2.14. The number of rotatable bonds is 5. The van der Waals surface area contributed by atoms with Gasteiger partial charge in [-0.3, -0.25) is 4.79 Å². The van der Waals surface area contributed by atoms with Crippen LogP contribution in [-0.2, 0) is 4.74 Å². The predicted octanol–water partition coefficient (Wildman–Crippen LogP) is 3.03. The van der Waals surface area contributed by atoms with Crippen molar-refractivity contribution in [2.75, 3.05) is 55.5 Å². The zero-order valence-corrected chi connectivity index (χ0v) is 18.6. The van der Waals surface area contributed by atoms with E-state index >= 15 is 0 Å². The average molecular weight is 444 g/mol. The van der Waals surface area contributed by atoms with E-state index in [1.54, 1.807) is 18.6 Å². The van der Waals surface area contributed by atoms with Gasteiger partial charge in [-0.2, -0.15) is 0 Å². The number of H-pyrrole nitrogens is 1. The Kier molecular flexibility index (Phi) is 5.62. The summed E-state index contributed by atoms with van der Waals surface area (Å²) < 4.78 is 5.44. The molecule has 4 aromatic rings. The summed E-state index contributed by atoms with van der Waals surface area (Å²) in [6.07, 6.45) is 5.12. The number of aromatic nitrogens is 4. The molecule has 1 aromatic carbocycles. The summed E-state index contributed by atoms with van der Waals surface area (Å²) in [5.74, 6) is 1.11. The van der Waals surface area contributed by atoms with Gasteiger partial charge in [0.2, 0.25) is 5.95 Å². The molecule has 33 heavy (non-hydrogen) atoms. The highest BCUT2D eigenvalue weighted by molar-refractivity contribution is 5.95. The van der Waals surface area contributed by atoms with Crippen molar-refractivity contribution in [2.45, 2.75) is 0 Å². The van der Waals surface area contributed by atoms with E-state index in [-0.39, 0.29) is 5.56 Å². The van der Waals surface area contributed by atoms with Gasteiger partial charge in [-0.15, -0.1) is 0 Å². The van der Waals surface area contributed by atoms with E-state index in [4.69, 9.17) is 9.72 Å². The summed E-state index contributed by atoms with van der Waals surface area (Å²) in [5, 5.41) is 4.62. The Hall–Kier alpha value is -3.98. The fourth-order valence-corrected chi connectivity index (χ4v) is 3.85. The van der Waals surface area contributed by atoms with Crippen molar-refractivity contribution in [3.63, 3.8) is 0 Å². The number of ether oxygens (including phenoxy) is 1. The first-order valence-corrected chi connectivity index (χ1v) is 10.8. The smallest absolute Gasteiger partial charge is 0.259 e. The maximum Gasteiger partial charge on any atom is 0.259 e. The molecule has 1 aliphatic rings. The molecular formula is C24H25N7O2. The van der Waals surface area contributed by atoms with Gasteiger partial charge in [0.25, 0.3) is 5.56 Å². The molecule has 2 N–H and O–H groups in total. The molecule has 0 saturated carbocycles. The second kappa shape index (κ2) is 8.87. The van der Waals surface area contributed by atoms with Crippen LogP contribution in [-0.4, -0.2) is 60.3 Å². The van der Waals surface area contributed by atoms with Crippen molar-refractivity contribution in [3.05, 3.63) is 65.3 Å². The zero-order valence-electron chi connectivity index (χ0n) is 18.6. The minimum atomic E-state index is -0.196. The van der Waals surface area contributed by atoms with Crippen LogP contribution in [0.25, 0.3) is 22.0 Å². The van der Waals surface area contributed by atoms with E-state index in [1.165, 1.54) is 0 Å². The van der Waals surface area contributed by atoms with E-state index in [9.17, 15) is 4.79 Å². The number of anilines is 4. The van der Waals surface area contributed by atoms with Crippen LogP contribution in [0.15, 0.2) is 59.8 Å². The summed E-state index contributed by atoms with van der Waals surface area (Å²) in [7, 11) is 3.78. The summed E-state index contributed by atoms with van der Waals surface area (Å²) in [5.41, 5.74) is 3.25. The quantitative estimate of drug-likeness (QED) is 0.486. The van der Waals surface area contributed by atoms with Crippen molar-refractivity contribution >= 4 is 33.9 Å². The number of pyridine rings is 2. The van der Waals surface area contributed by atoms with Gasteiger partial charge in [0.05, 0.1) is 24.3 Å². The highest BCUT2D eigenvalue weighted by Crippen LogP contribution is 2.28. The van der Waals surface area contributed by atoms with Crippen LogP contribution in [0.4, 0.5) is 23.1 Å². The Bertz CT molecular complexity index is 1310. The van der Waals surface area contributed by atoms with E-state index < -0.39 is 0 Å². The lowest BCUT2D eigenvalue weighted by molar-refractivity contribution is 0.122. The van der Waals surface area contributed by atoms with Crippen LogP contribution >= 0.6 is 0 Å². The van der Waals surface area contributed by atoms with Crippen molar-refractivity contribution in [2.24, 2.45) is 0 Å². The summed E-state index contributed by atoms with van der Waals surface area (Å²) in [6, 6.07) is 11.9. The van der Waals surface area contributed by atoms with Gasteiger partial charge in [0.15, 0.2) is 0 Å². The molecule has 9 heteroatoms. The van der Waals surface area contributed by atoms with E-state index in [2.05, 4.69) is 37.3 Å². The Balaban J connectivity index is 1.50. The van der Waals surface area contributed by atoms with E-state index in [0.29, 0.717) is 22.8 Å². The normalized spacial score (nSPS) is 13.8. The monoisotopic (exact) mass is 443 g/mol. The van der Waals surface area contributed by atoms with Gasteiger partial charge in [-0.25, -0.2) is 15.0 Å². The van der Waals surface area contributed by atoms with Crippen molar-refractivity contribution in [1.29, 1.82) is 0 Å². The minimum absolute atomic E-state index is 0.196. The van der Waals surface area contributed by atoms with Gasteiger partial charge in [-0.1, -0.05) is 0 Å². The molecule has 0 unspecified atom stereocenters. The maximum absolute atomic E-state index is 12.6. The Morgan fingerprint density at radius 2 is 1.79 bits per heavy atom. The molecule has 0 amide bonds. The molecule has 9 nitrogen and oxygen atoms in total. The Morgan fingerprint density at radius 1 is 1.06 bits per heavy atom. The van der Waals surface area contributed by atoms with Gasteiger partial charge in [0.1, 0.15) is 5.82 Å². The molecule has 3 aromatic heterocycles. The van der Waals surface area contributed by atoms with Gasteiger partial charge in [-0.05, 0) is 41.8 Å². The third-order valence-corrected chi connectivity index (χ3v) is 5.59. The first kappa shape index (κ1) is 20.9. The molecule has 0 bridgehead atoms. The molecule has 0 spiro atoms. The topological polar surface area (TPSA) is 99.3 Å².